The summed E-state index contributed by atoms with van der Waals surface area (Å²) in [5.74, 6) is -1.25. The van der Waals surface area contributed by atoms with E-state index in [9.17, 15) is 14.3 Å². The zero-order valence-electron chi connectivity index (χ0n) is 14.6. The van der Waals surface area contributed by atoms with Gasteiger partial charge in [-0.15, -0.1) is 0 Å². The molecule has 0 amide bonds. The minimum absolute atomic E-state index is 0.183. The fraction of sp³-hybridized carbons (Fsp3) is 0.263. The third kappa shape index (κ3) is 3.07. The Kier molecular flexibility index (Phi) is 4.20. The summed E-state index contributed by atoms with van der Waals surface area (Å²) in [5.41, 5.74) is 5.94. The van der Waals surface area contributed by atoms with Crippen molar-refractivity contribution in [1.82, 2.24) is 9.38 Å². The van der Waals surface area contributed by atoms with Gasteiger partial charge in [0, 0.05) is 18.4 Å². The maximum atomic E-state index is 13.5. The van der Waals surface area contributed by atoms with Crippen LogP contribution in [0.2, 0.25) is 0 Å². The molecule has 0 spiro atoms. The van der Waals surface area contributed by atoms with Gasteiger partial charge in [-0.05, 0) is 62.6 Å². The Morgan fingerprint density at radius 1 is 1.20 bits per heavy atom. The number of hydrogen-bond donors (Lipinski definition) is 2. The number of carboxylic acid groups (broad SMARTS) is 1. The van der Waals surface area contributed by atoms with Crippen molar-refractivity contribution in [3.05, 3.63) is 63.9 Å². The summed E-state index contributed by atoms with van der Waals surface area (Å²) in [5, 5.41) is 12.6. The number of aryl methyl sites for hydroxylation is 4. The Labute approximate surface area is 145 Å². The zero-order chi connectivity index (χ0) is 18.3. The van der Waals surface area contributed by atoms with Crippen molar-refractivity contribution in [3.8, 4) is 0 Å². The highest BCUT2D eigenvalue weighted by atomic mass is 19.1. The average molecular weight is 341 g/mol. The van der Waals surface area contributed by atoms with E-state index in [4.69, 9.17) is 0 Å². The van der Waals surface area contributed by atoms with Crippen molar-refractivity contribution in [2.45, 2.75) is 34.2 Å². The smallest absolute Gasteiger partial charge is 0.337 e. The van der Waals surface area contributed by atoms with Gasteiger partial charge in [-0.1, -0.05) is 0 Å². The molecule has 0 fully saturated rings. The van der Waals surface area contributed by atoms with Gasteiger partial charge >= 0.3 is 5.97 Å². The number of nitrogens with zero attached hydrogens (tertiary/aromatic N) is 2. The standard InChI is InChI=1S/C19H20FN3O2/c1-10-5-15(20)6-11(2)16(10)8-21-17-7-14(19(24)25)9-23-13(4)12(3)22-18(17)23/h5-7,9,21H,8H2,1-4H3,(H,24,25). The highest BCUT2D eigenvalue weighted by molar-refractivity contribution is 5.90. The van der Waals surface area contributed by atoms with Crippen LogP contribution in [0, 0.1) is 33.5 Å². The average Bonchev–Trinajstić information content (AvgIpc) is 2.81. The lowest BCUT2D eigenvalue weighted by molar-refractivity contribution is 0.0696. The van der Waals surface area contributed by atoms with Gasteiger partial charge in [0.15, 0.2) is 5.65 Å². The first-order chi connectivity index (χ1) is 11.8. The molecule has 3 aromatic rings. The lowest BCUT2D eigenvalue weighted by Crippen LogP contribution is -2.08. The highest BCUT2D eigenvalue weighted by Crippen LogP contribution is 2.24. The van der Waals surface area contributed by atoms with Crippen molar-refractivity contribution in [1.29, 1.82) is 0 Å². The van der Waals surface area contributed by atoms with Crippen LogP contribution in [-0.4, -0.2) is 20.5 Å². The SMILES string of the molecule is Cc1cc(F)cc(C)c1CNc1cc(C(=O)O)cn2c(C)c(C)nc12. The molecule has 6 heteroatoms. The van der Waals surface area contributed by atoms with Crippen LogP contribution in [0.25, 0.3) is 5.65 Å². The number of imidazole rings is 1. The molecule has 3 rings (SSSR count). The third-order valence-corrected chi connectivity index (χ3v) is 4.56. The van der Waals surface area contributed by atoms with E-state index in [-0.39, 0.29) is 11.4 Å². The summed E-state index contributed by atoms with van der Waals surface area (Å²) >= 11 is 0. The van der Waals surface area contributed by atoms with E-state index in [0.29, 0.717) is 17.9 Å². The van der Waals surface area contributed by atoms with E-state index in [1.807, 2.05) is 27.7 Å². The maximum absolute atomic E-state index is 13.5. The minimum Gasteiger partial charge on any atom is -0.478 e. The fourth-order valence-electron chi connectivity index (χ4n) is 3.02. The summed E-state index contributed by atoms with van der Waals surface area (Å²) in [6, 6.07) is 4.58. The van der Waals surface area contributed by atoms with Crippen LogP contribution in [0.1, 0.15) is 38.4 Å². The maximum Gasteiger partial charge on any atom is 0.337 e. The van der Waals surface area contributed by atoms with Gasteiger partial charge in [0.05, 0.1) is 16.9 Å². The number of anilines is 1. The number of benzene rings is 1. The van der Waals surface area contributed by atoms with Crippen LogP contribution in [-0.2, 0) is 6.54 Å². The van der Waals surface area contributed by atoms with Crippen molar-refractivity contribution in [2.24, 2.45) is 0 Å². The molecule has 2 N–H and O–H groups in total. The molecule has 1 aromatic carbocycles. The van der Waals surface area contributed by atoms with E-state index in [1.54, 1.807) is 16.7 Å². The molecular formula is C19H20FN3O2. The summed E-state index contributed by atoms with van der Waals surface area (Å²) in [6.07, 6.45) is 1.58. The Balaban J connectivity index is 2.04. The first-order valence-corrected chi connectivity index (χ1v) is 8.00. The van der Waals surface area contributed by atoms with Gasteiger partial charge in [-0.2, -0.15) is 0 Å². The topological polar surface area (TPSA) is 66.6 Å². The number of aromatic nitrogens is 2. The van der Waals surface area contributed by atoms with E-state index < -0.39 is 5.97 Å². The molecule has 130 valence electrons. The number of halogens is 1. The predicted molar refractivity (Wildman–Crippen MR) is 94.8 cm³/mol. The number of carboxylic acids is 1. The number of carbonyl (C=O) groups is 1. The molecule has 0 aliphatic heterocycles. The third-order valence-electron chi connectivity index (χ3n) is 4.56. The Morgan fingerprint density at radius 3 is 2.44 bits per heavy atom. The van der Waals surface area contributed by atoms with Crippen LogP contribution < -0.4 is 5.32 Å². The molecule has 5 nitrogen and oxygen atoms in total. The molecule has 0 aliphatic rings. The number of fused-ring (bicyclic) bond motifs is 1. The lowest BCUT2D eigenvalue weighted by atomic mass is 10.0. The Hall–Kier alpha value is -2.89. The molecule has 0 radical (unpaired) electrons. The molecule has 0 bridgehead atoms. The van der Waals surface area contributed by atoms with Gasteiger partial charge in [-0.3, -0.25) is 0 Å². The second-order valence-corrected chi connectivity index (χ2v) is 6.30. The Morgan fingerprint density at radius 2 is 1.84 bits per heavy atom. The van der Waals surface area contributed by atoms with Crippen LogP contribution in [0.5, 0.6) is 0 Å². The van der Waals surface area contributed by atoms with E-state index in [2.05, 4.69) is 10.3 Å². The number of rotatable bonds is 4. The lowest BCUT2D eigenvalue weighted by Gasteiger charge is -2.14. The summed E-state index contributed by atoms with van der Waals surface area (Å²) in [4.78, 5) is 16.0. The number of hydrogen-bond acceptors (Lipinski definition) is 3. The van der Waals surface area contributed by atoms with Crippen LogP contribution in [0.4, 0.5) is 10.1 Å². The number of pyridine rings is 1. The first kappa shape index (κ1) is 17.0. The number of aromatic carboxylic acids is 1. The molecule has 0 saturated heterocycles. The van der Waals surface area contributed by atoms with Gasteiger partial charge in [0.1, 0.15) is 5.82 Å². The largest absolute Gasteiger partial charge is 0.478 e. The summed E-state index contributed by atoms with van der Waals surface area (Å²) in [6.45, 7) is 7.97. The predicted octanol–water partition coefficient (Wildman–Crippen LogP) is 4.02. The van der Waals surface area contributed by atoms with Crippen molar-refractivity contribution in [2.75, 3.05) is 5.32 Å². The van der Waals surface area contributed by atoms with E-state index in [0.717, 1.165) is 28.1 Å². The molecule has 0 aliphatic carbocycles. The van der Waals surface area contributed by atoms with Gasteiger partial charge in [0.25, 0.3) is 0 Å². The Bertz CT molecular complexity index is 969. The van der Waals surface area contributed by atoms with Crippen molar-refractivity contribution < 1.29 is 14.3 Å². The van der Waals surface area contributed by atoms with Crippen LogP contribution >= 0.6 is 0 Å². The van der Waals surface area contributed by atoms with Gasteiger partial charge < -0.3 is 14.8 Å². The van der Waals surface area contributed by atoms with Gasteiger partial charge in [-0.25, -0.2) is 14.2 Å². The van der Waals surface area contributed by atoms with Crippen molar-refractivity contribution in [3.63, 3.8) is 0 Å². The minimum atomic E-state index is -0.996. The first-order valence-electron chi connectivity index (χ1n) is 8.00. The normalized spacial score (nSPS) is 11.1. The fourth-order valence-corrected chi connectivity index (χ4v) is 3.02. The van der Waals surface area contributed by atoms with Gasteiger partial charge in [0.2, 0.25) is 0 Å². The molecule has 2 aromatic heterocycles. The summed E-state index contributed by atoms with van der Waals surface area (Å²) in [7, 11) is 0. The molecule has 0 atom stereocenters. The molecule has 2 heterocycles. The number of nitrogens with one attached hydrogen (secondary N) is 1. The van der Waals surface area contributed by atoms with Crippen LogP contribution in [0.3, 0.4) is 0 Å². The van der Waals surface area contributed by atoms with E-state index in [1.165, 1.54) is 12.1 Å². The van der Waals surface area contributed by atoms with E-state index >= 15 is 0 Å². The second kappa shape index (κ2) is 6.20. The van der Waals surface area contributed by atoms with Crippen molar-refractivity contribution >= 4 is 17.3 Å². The molecular weight excluding hydrogens is 321 g/mol. The second-order valence-electron chi connectivity index (χ2n) is 6.30. The molecule has 0 unspecified atom stereocenters. The molecule has 0 saturated carbocycles. The zero-order valence-corrected chi connectivity index (χ0v) is 14.6. The summed E-state index contributed by atoms with van der Waals surface area (Å²) < 4.78 is 15.3. The van der Waals surface area contributed by atoms with Crippen LogP contribution in [0.15, 0.2) is 24.4 Å². The quantitative estimate of drug-likeness (QED) is 0.752. The monoisotopic (exact) mass is 341 g/mol. The molecule has 25 heavy (non-hydrogen) atoms. The highest BCUT2D eigenvalue weighted by Gasteiger charge is 2.14.